The lowest BCUT2D eigenvalue weighted by Crippen LogP contribution is -2.07. The van der Waals surface area contributed by atoms with Crippen LogP contribution in [-0.2, 0) is 0 Å². The van der Waals surface area contributed by atoms with Gasteiger partial charge in [0.1, 0.15) is 12.1 Å². The van der Waals surface area contributed by atoms with Gasteiger partial charge >= 0.3 is 0 Å². The Hall–Kier alpha value is -1.42. The first-order chi connectivity index (χ1) is 7.75. The quantitative estimate of drug-likeness (QED) is 0.934. The highest BCUT2D eigenvalue weighted by Crippen LogP contribution is 2.20. The monoisotopic (exact) mass is 277 g/mol. The molecule has 16 heavy (non-hydrogen) atoms. The largest absolute Gasteiger partial charge is 0.363 e. The van der Waals surface area contributed by atoms with Crippen LogP contribution in [0.4, 0.5) is 5.82 Å². The van der Waals surface area contributed by atoms with E-state index >= 15 is 0 Å². The molecule has 1 atom stereocenters. The Bertz CT molecular complexity index is 459. The van der Waals surface area contributed by atoms with E-state index in [1.165, 1.54) is 11.9 Å². The van der Waals surface area contributed by atoms with Crippen LogP contribution in [0.25, 0.3) is 0 Å². The second kappa shape index (κ2) is 5.07. The molecule has 0 fully saturated rings. The maximum Gasteiger partial charge on any atom is 0.129 e. The zero-order chi connectivity index (χ0) is 11.4. The summed E-state index contributed by atoms with van der Waals surface area (Å²) in [4.78, 5) is 8.01. The van der Waals surface area contributed by atoms with E-state index in [0.717, 1.165) is 10.3 Å². The Balaban J connectivity index is 2.12. The van der Waals surface area contributed by atoms with Crippen molar-refractivity contribution in [2.45, 2.75) is 13.0 Å². The van der Waals surface area contributed by atoms with E-state index in [1.54, 1.807) is 6.20 Å². The molecule has 2 rings (SSSR count). The summed E-state index contributed by atoms with van der Waals surface area (Å²) in [5, 5.41) is 3.31. The number of rotatable bonds is 3. The fourth-order valence-corrected chi connectivity index (χ4v) is 1.87. The van der Waals surface area contributed by atoms with Crippen molar-refractivity contribution in [2.75, 3.05) is 5.32 Å². The van der Waals surface area contributed by atoms with Gasteiger partial charge in [0.05, 0.1) is 0 Å². The maximum atomic E-state index is 4.13. The minimum absolute atomic E-state index is 0.215. The first-order valence-electron chi connectivity index (χ1n) is 5.04. The first kappa shape index (κ1) is 11.1. The Morgan fingerprint density at radius 2 is 2.19 bits per heavy atom. The maximum absolute atomic E-state index is 4.13. The molecule has 1 aromatic carbocycles. The van der Waals surface area contributed by atoms with Crippen LogP contribution in [0, 0.1) is 0 Å². The van der Waals surface area contributed by atoms with Crippen molar-refractivity contribution < 1.29 is 0 Å². The van der Waals surface area contributed by atoms with Crippen LogP contribution in [0.3, 0.4) is 0 Å². The molecule has 1 heterocycles. The average Bonchev–Trinajstić information content (AvgIpc) is 2.30. The lowest BCUT2D eigenvalue weighted by atomic mass is 10.1. The van der Waals surface area contributed by atoms with Gasteiger partial charge in [0, 0.05) is 16.7 Å². The van der Waals surface area contributed by atoms with E-state index in [0.29, 0.717) is 0 Å². The van der Waals surface area contributed by atoms with E-state index in [2.05, 4.69) is 50.3 Å². The number of hydrogen-bond acceptors (Lipinski definition) is 3. The minimum Gasteiger partial charge on any atom is -0.363 e. The topological polar surface area (TPSA) is 37.8 Å². The lowest BCUT2D eigenvalue weighted by Gasteiger charge is -2.14. The molecule has 0 aliphatic heterocycles. The van der Waals surface area contributed by atoms with Crippen LogP contribution < -0.4 is 5.32 Å². The highest BCUT2D eigenvalue weighted by atomic mass is 79.9. The van der Waals surface area contributed by atoms with Crippen LogP contribution in [0.2, 0.25) is 0 Å². The summed E-state index contributed by atoms with van der Waals surface area (Å²) in [6.45, 7) is 2.10. The van der Waals surface area contributed by atoms with E-state index in [9.17, 15) is 0 Å². The second-order valence-electron chi connectivity index (χ2n) is 3.52. The van der Waals surface area contributed by atoms with Crippen LogP contribution >= 0.6 is 15.9 Å². The summed E-state index contributed by atoms with van der Waals surface area (Å²) in [6, 6.07) is 10.3. The third-order valence-electron chi connectivity index (χ3n) is 2.30. The van der Waals surface area contributed by atoms with Gasteiger partial charge in [-0.3, -0.25) is 0 Å². The van der Waals surface area contributed by atoms with Crippen molar-refractivity contribution in [3.63, 3.8) is 0 Å². The molecular formula is C12H12BrN3. The summed E-state index contributed by atoms with van der Waals surface area (Å²) in [5.74, 6) is 0.836. The first-order valence-corrected chi connectivity index (χ1v) is 5.83. The molecule has 1 unspecified atom stereocenters. The van der Waals surface area contributed by atoms with Gasteiger partial charge in [0.15, 0.2) is 0 Å². The highest BCUT2D eigenvalue weighted by Gasteiger charge is 2.05. The van der Waals surface area contributed by atoms with Gasteiger partial charge in [-0.2, -0.15) is 0 Å². The van der Waals surface area contributed by atoms with E-state index in [1.807, 2.05) is 18.2 Å². The van der Waals surface area contributed by atoms with Gasteiger partial charge in [-0.15, -0.1) is 0 Å². The average molecular weight is 278 g/mol. The van der Waals surface area contributed by atoms with E-state index in [4.69, 9.17) is 0 Å². The summed E-state index contributed by atoms with van der Waals surface area (Å²) >= 11 is 3.46. The summed E-state index contributed by atoms with van der Waals surface area (Å²) in [7, 11) is 0. The molecule has 0 saturated carbocycles. The van der Waals surface area contributed by atoms with Crippen molar-refractivity contribution in [2.24, 2.45) is 0 Å². The van der Waals surface area contributed by atoms with Crippen molar-refractivity contribution in [1.82, 2.24) is 9.97 Å². The minimum atomic E-state index is 0.215. The molecule has 82 valence electrons. The Labute approximate surface area is 103 Å². The standard InChI is InChI=1S/C12H12BrN3/c1-9(10-3-2-4-11(13)7-10)16-12-5-6-14-8-15-12/h2-9H,1H3,(H,14,15,16). The van der Waals surface area contributed by atoms with Crippen molar-refractivity contribution in [1.29, 1.82) is 0 Å². The Morgan fingerprint density at radius 3 is 2.88 bits per heavy atom. The van der Waals surface area contributed by atoms with Gasteiger partial charge in [-0.25, -0.2) is 9.97 Å². The molecule has 0 aliphatic rings. The number of aromatic nitrogens is 2. The molecule has 0 saturated heterocycles. The molecule has 2 aromatic rings. The van der Waals surface area contributed by atoms with Crippen LogP contribution in [0.15, 0.2) is 47.3 Å². The SMILES string of the molecule is CC(Nc1ccncn1)c1cccc(Br)c1. The number of anilines is 1. The van der Waals surface area contributed by atoms with Gasteiger partial charge < -0.3 is 5.32 Å². The summed E-state index contributed by atoms with van der Waals surface area (Å²) in [6.07, 6.45) is 3.26. The Morgan fingerprint density at radius 1 is 1.31 bits per heavy atom. The number of benzene rings is 1. The van der Waals surface area contributed by atoms with E-state index in [-0.39, 0.29) is 6.04 Å². The second-order valence-corrected chi connectivity index (χ2v) is 4.43. The van der Waals surface area contributed by atoms with Crippen molar-refractivity contribution in [3.05, 3.63) is 52.9 Å². The zero-order valence-corrected chi connectivity index (χ0v) is 10.5. The molecule has 1 N–H and O–H groups in total. The normalized spacial score (nSPS) is 12.1. The molecule has 0 spiro atoms. The Kier molecular flexibility index (Phi) is 3.51. The smallest absolute Gasteiger partial charge is 0.129 e. The molecule has 0 amide bonds. The number of nitrogens with one attached hydrogen (secondary N) is 1. The van der Waals surface area contributed by atoms with Gasteiger partial charge in [0.2, 0.25) is 0 Å². The van der Waals surface area contributed by atoms with Gasteiger partial charge in [-0.05, 0) is 30.7 Å². The molecule has 1 aromatic heterocycles. The van der Waals surface area contributed by atoms with Crippen LogP contribution in [0.5, 0.6) is 0 Å². The highest BCUT2D eigenvalue weighted by molar-refractivity contribution is 9.10. The number of hydrogen-bond donors (Lipinski definition) is 1. The molecule has 0 aliphatic carbocycles. The van der Waals surface area contributed by atoms with Crippen molar-refractivity contribution in [3.8, 4) is 0 Å². The number of nitrogens with zero attached hydrogens (tertiary/aromatic N) is 2. The van der Waals surface area contributed by atoms with Gasteiger partial charge in [-0.1, -0.05) is 28.1 Å². The fraction of sp³-hybridized carbons (Fsp3) is 0.167. The van der Waals surface area contributed by atoms with Crippen LogP contribution in [-0.4, -0.2) is 9.97 Å². The lowest BCUT2D eigenvalue weighted by molar-refractivity contribution is 0.871. The third-order valence-corrected chi connectivity index (χ3v) is 2.79. The predicted molar refractivity (Wildman–Crippen MR) is 68.2 cm³/mol. The molecule has 4 heteroatoms. The third kappa shape index (κ3) is 2.79. The van der Waals surface area contributed by atoms with Crippen LogP contribution in [0.1, 0.15) is 18.5 Å². The number of halogens is 1. The van der Waals surface area contributed by atoms with E-state index < -0.39 is 0 Å². The summed E-state index contributed by atoms with van der Waals surface area (Å²) in [5.41, 5.74) is 1.22. The fourth-order valence-electron chi connectivity index (χ4n) is 1.46. The predicted octanol–water partition coefficient (Wildman–Crippen LogP) is 3.41. The molecular weight excluding hydrogens is 266 g/mol. The van der Waals surface area contributed by atoms with Gasteiger partial charge in [0.25, 0.3) is 0 Å². The summed E-state index contributed by atoms with van der Waals surface area (Å²) < 4.78 is 1.08. The zero-order valence-electron chi connectivity index (χ0n) is 8.89. The molecule has 0 radical (unpaired) electrons. The molecule has 0 bridgehead atoms. The molecule has 3 nitrogen and oxygen atoms in total. The van der Waals surface area contributed by atoms with Crippen molar-refractivity contribution >= 4 is 21.7 Å².